The molecule has 2 heterocycles. The van der Waals surface area contributed by atoms with E-state index in [1.54, 1.807) is 0 Å². The highest BCUT2D eigenvalue weighted by Crippen LogP contribution is 2.24. The van der Waals surface area contributed by atoms with Gasteiger partial charge in [-0.3, -0.25) is 0 Å². The Bertz CT molecular complexity index is 345. The van der Waals surface area contributed by atoms with Crippen molar-refractivity contribution in [1.29, 1.82) is 0 Å². The summed E-state index contributed by atoms with van der Waals surface area (Å²) < 4.78 is 2.16. The highest BCUT2D eigenvalue weighted by atomic mass is 15.3. The number of aromatic nitrogens is 2. The molecule has 1 N–H and O–H groups in total. The average Bonchev–Trinajstić information content (AvgIpc) is 2.85. The van der Waals surface area contributed by atoms with Gasteiger partial charge < -0.3 is 14.8 Å². The number of anilines is 1. The Morgan fingerprint density at radius 2 is 2.38 bits per heavy atom. The molecule has 1 unspecified atom stereocenters. The minimum Gasteiger partial charge on any atom is -0.338 e. The first kappa shape index (κ1) is 11.5. The molecule has 1 aromatic heterocycles. The third-order valence-corrected chi connectivity index (χ3v) is 3.34. The lowest BCUT2D eigenvalue weighted by molar-refractivity contribution is 0.601. The normalized spacial score (nSPS) is 20.7. The first-order valence-electron chi connectivity index (χ1n) is 6.19. The van der Waals surface area contributed by atoms with Crippen molar-refractivity contribution < 1.29 is 0 Å². The number of imidazole rings is 1. The smallest absolute Gasteiger partial charge is 0.205 e. The molecule has 1 atom stereocenters. The minimum absolute atomic E-state index is 0.607. The molecule has 1 aromatic rings. The molecule has 1 aliphatic rings. The van der Waals surface area contributed by atoms with Crippen LogP contribution in [-0.4, -0.2) is 35.7 Å². The predicted molar refractivity (Wildman–Crippen MR) is 66.9 cm³/mol. The number of aryl methyl sites for hydroxylation is 2. The van der Waals surface area contributed by atoms with Crippen molar-refractivity contribution in [3.05, 3.63) is 11.9 Å². The van der Waals surface area contributed by atoms with E-state index in [1.165, 1.54) is 18.5 Å². The second-order valence-corrected chi connectivity index (χ2v) is 4.54. The van der Waals surface area contributed by atoms with Crippen LogP contribution in [0.2, 0.25) is 0 Å². The maximum Gasteiger partial charge on any atom is 0.205 e. The van der Waals surface area contributed by atoms with E-state index in [-0.39, 0.29) is 0 Å². The summed E-state index contributed by atoms with van der Waals surface area (Å²) in [5.41, 5.74) is 1.19. The molecular formula is C12H22N4. The van der Waals surface area contributed by atoms with E-state index in [2.05, 4.69) is 35.0 Å². The molecule has 16 heavy (non-hydrogen) atoms. The lowest BCUT2D eigenvalue weighted by atomic mass is 10.2. The van der Waals surface area contributed by atoms with Gasteiger partial charge in [0.05, 0.1) is 5.69 Å². The largest absolute Gasteiger partial charge is 0.338 e. The van der Waals surface area contributed by atoms with E-state index in [0.29, 0.717) is 6.04 Å². The van der Waals surface area contributed by atoms with Crippen LogP contribution in [0.4, 0.5) is 5.95 Å². The van der Waals surface area contributed by atoms with Crippen LogP contribution >= 0.6 is 0 Å². The lowest BCUT2D eigenvalue weighted by Crippen LogP contribution is -2.38. The van der Waals surface area contributed by atoms with Gasteiger partial charge in [0.25, 0.3) is 0 Å². The van der Waals surface area contributed by atoms with Crippen LogP contribution in [0.3, 0.4) is 0 Å². The van der Waals surface area contributed by atoms with Gasteiger partial charge in [-0.15, -0.1) is 0 Å². The molecule has 0 saturated carbocycles. The molecule has 1 aliphatic heterocycles. The van der Waals surface area contributed by atoms with E-state index in [0.717, 1.165) is 25.5 Å². The Morgan fingerprint density at radius 1 is 1.56 bits per heavy atom. The minimum atomic E-state index is 0.607. The van der Waals surface area contributed by atoms with Crippen molar-refractivity contribution in [2.45, 2.75) is 32.2 Å². The van der Waals surface area contributed by atoms with Crippen molar-refractivity contribution in [2.75, 3.05) is 25.0 Å². The molecule has 0 amide bonds. The highest BCUT2D eigenvalue weighted by molar-refractivity contribution is 5.36. The van der Waals surface area contributed by atoms with Gasteiger partial charge in [0.2, 0.25) is 5.95 Å². The Labute approximate surface area is 97.7 Å². The first-order valence-corrected chi connectivity index (χ1v) is 6.19. The van der Waals surface area contributed by atoms with E-state index in [1.807, 2.05) is 7.05 Å². The van der Waals surface area contributed by atoms with Crippen LogP contribution < -0.4 is 10.2 Å². The molecule has 0 radical (unpaired) electrons. The van der Waals surface area contributed by atoms with E-state index in [4.69, 9.17) is 4.98 Å². The van der Waals surface area contributed by atoms with Crippen molar-refractivity contribution in [3.8, 4) is 0 Å². The second kappa shape index (κ2) is 4.87. The quantitative estimate of drug-likeness (QED) is 0.830. The Hall–Kier alpha value is -1.03. The summed E-state index contributed by atoms with van der Waals surface area (Å²) in [4.78, 5) is 7.14. The fourth-order valence-corrected chi connectivity index (χ4v) is 2.50. The topological polar surface area (TPSA) is 33.1 Å². The van der Waals surface area contributed by atoms with Gasteiger partial charge in [-0.05, 0) is 26.3 Å². The molecule has 0 spiro atoms. The fourth-order valence-electron chi connectivity index (χ4n) is 2.50. The molecule has 0 bridgehead atoms. The fraction of sp³-hybridized carbons (Fsp3) is 0.750. The van der Waals surface area contributed by atoms with Gasteiger partial charge in [-0.25, -0.2) is 4.98 Å². The zero-order valence-corrected chi connectivity index (χ0v) is 10.5. The van der Waals surface area contributed by atoms with Crippen molar-refractivity contribution in [2.24, 2.45) is 7.05 Å². The van der Waals surface area contributed by atoms with Gasteiger partial charge in [-0.1, -0.05) is 6.92 Å². The summed E-state index contributed by atoms with van der Waals surface area (Å²) in [7, 11) is 4.11. The van der Waals surface area contributed by atoms with Crippen LogP contribution in [-0.2, 0) is 13.5 Å². The van der Waals surface area contributed by atoms with Gasteiger partial charge in [0.15, 0.2) is 0 Å². The van der Waals surface area contributed by atoms with Crippen molar-refractivity contribution >= 4 is 5.95 Å². The monoisotopic (exact) mass is 222 g/mol. The highest BCUT2D eigenvalue weighted by Gasteiger charge is 2.26. The SMILES string of the molecule is CCc1cn(C)c(N2CCCC2CNC)n1. The third kappa shape index (κ3) is 2.07. The summed E-state index contributed by atoms with van der Waals surface area (Å²) in [6, 6.07) is 0.607. The standard InChI is InChI=1S/C12H22N4/c1-4-10-9-15(3)12(14-10)16-7-5-6-11(16)8-13-2/h9,11,13H,4-8H2,1-3H3. The summed E-state index contributed by atoms with van der Waals surface area (Å²) >= 11 is 0. The van der Waals surface area contributed by atoms with Crippen LogP contribution in [0.1, 0.15) is 25.5 Å². The number of nitrogens with zero attached hydrogens (tertiary/aromatic N) is 3. The molecule has 4 nitrogen and oxygen atoms in total. The molecule has 90 valence electrons. The zero-order valence-electron chi connectivity index (χ0n) is 10.5. The maximum atomic E-state index is 4.70. The van der Waals surface area contributed by atoms with Gasteiger partial charge in [-0.2, -0.15) is 0 Å². The summed E-state index contributed by atoms with van der Waals surface area (Å²) in [6.07, 6.45) is 5.71. The molecule has 4 heteroatoms. The zero-order chi connectivity index (χ0) is 11.5. The van der Waals surface area contributed by atoms with E-state index >= 15 is 0 Å². The number of likely N-dealkylation sites (N-methyl/N-ethyl adjacent to an activating group) is 1. The Morgan fingerprint density at radius 3 is 3.00 bits per heavy atom. The van der Waals surface area contributed by atoms with Crippen LogP contribution in [0.15, 0.2) is 6.20 Å². The summed E-state index contributed by atoms with van der Waals surface area (Å²) in [5, 5.41) is 3.27. The van der Waals surface area contributed by atoms with Crippen LogP contribution in [0.5, 0.6) is 0 Å². The maximum absolute atomic E-state index is 4.70. The average molecular weight is 222 g/mol. The number of nitrogens with one attached hydrogen (secondary N) is 1. The number of hydrogen-bond donors (Lipinski definition) is 1. The molecule has 1 saturated heterocycles. The number of rotatable bonds is 4. The molecule has 2 rings (SSSR count). The van der Waals surface area contributed by atoms with Gasteiger partial charge in [0.1, 0.15) is 0 Å². The van der Waals surface area contributed by atoms with Crippen LogP contribution in [0.25, 0.3) is 0 Å². The molecular weight excluding hydrogens is 200 g/mol. The summed E-state index contributed by atoms with van der Waals surface area (Å²) in [6.45, 7) is 4.34. The Kier molecular flexibility index (Phi) is 3.49. The van der Waals surface area contributed by atoms with E-state index < -0.39 is 0 Å². The van der Waals surface area contributed by atoms with Gasteiger partial charge in [0, 0.05) is 32.4 Å². The number of hydrogen-bond acceptors (Lipinski definition) is 3. The van der Waals surface area contributed by atoms with E-state index in [9.17, 15) is 0 Å². The lowest BCUT2D eigenvalue weighted by Gasteiger charge is -2.25. The molecule has 0 aliphatic carbocycles. The first-order chi connectivity index (χ1) is 7.76. The van der Waals surface area contributed by atoms with Crippen molar-refractivity contribution in [3.63, 3.8) is 0 Å². The van der Waals surface area contributed by atoms with Crippen LogP contribution in [0, 0.1) is 0 Å². The molecule has 0 aromatic carbocycles. The third-order valence-electron chi connectivity index (χ3n) is 3.34. The predicted octanol–water partition coefficient (Wildman–Crippen LogP) is 1.17. The van der Waals surface area contributed by atoms with Crippen molar-refractivity contribution in [1.82, 2.24) is 14.9 Å². The Balaban J connectivity index is 2.18. The molecule has 1 fully saturated rings. The summed E-state index contributed by atoms with van der Waals surface area (Å²) in [5.74, 6) is 1.13. The second-order valence-electron chi connectivity index (χ2n) is 4.54. The van der Waals surface area contributed by atoms with Gasteiger partial charge >= 0.3 is 0 Å².